The van der Waals surface area contributed by atoms with E-state index in [1.165, 1.54) is 35.2 Å². The maximum Gasteiger partial charge on any atom is 0.300 e. The topological polar surface area (TPSA) is 87.1 Å². The lowest BCUT2D eigenvalue weighted by Gasteiger charge is -2.26. The first kappa shape index (κ1) is 24.6. The summed E-state index contributed by atoms with van der Waals surface area (Å²) in [7, 11) is 0. The van der Waals surface area contributed by atoms with Crippen molar-refractivity contribution in [3.05, 3.63) is 93.0 Å². The van der Waals surface area contributed by atoms with E-state index in [4.69, 9.17) is 27.9 Å². The first-order valence-electron chi connectivity index (χ1n) is 10.9. The van der Waals surface area contributed by atoms with Gasteiger partial charge in [-0.2, -0.15) is 0 Å². The largest absolute Gasteiger partial charge is 0.508 e. The summed E-state index contributed by atoms with van der Waals surface area (Å²) >= 11 is 12.3. The number of anilines is 1. The minimum atomic E-state index is -1.02. The molecule has 2 N–H and O–H groups in total. The van der Waals surface area contributed by atoms with Crippen LogP contribution in [0.4, 0.5) is 5.69 Å². The van der Waals surface area contributed by atoms with Crippen LogP contribution < -0.4 is 9.64 Å². The molecule has 3 aromatic carbocycles. The van der Waals surface area contributed by atoms with E-state index in [0.717, 1.165) is 5.56 Å². The molecule has 8 heteroatoms. The van der Waals surface area contributed by atoms with Gasteiger partial charge in [0.15, 0.2) is 0 Å². The Bertz CT molecular complexity index is 1350. The van der Waals surface area contributed by atoms with Gasteiger partial charge in [-0.05, 0) is 80.4 Å². The number of carbonyl (C=O) groups is 2. The Kier molecular flexibility index (Phi) is 6.79. The number of aromatic hydroxyl groups is 1. The molecule has 0 radical (unpaired) electrons. The fourth-order valence-corrected chi connectivity index (χ4v) is 4.64. The quantitative estimate of drug-likeness (QED) is 0.234. The summed E-state index contributed by atoms with van der Waals surface area (Å²) in [5, 5.41) is 22.0. The lowest BCUT2D eigenvalue weighted by atomic mass is 9.94. The molecule has 0 aliphatic carbocycles. The number of phenolic OH excluding ortho intramolecular Hbond substituents is 1. The van der Waals surface area contributed by atoms with Gasteiger partial charge in [-0.1, -0.05) is 35.3 Å². The smallest absolute Gasteiger partial charge is 0.300 e. The predicted molar refractivity (Wildman–Crippen MR) is 136 cm³/mol. The van der Waals surface area contributed by atoms with E-state index in [1.807, 2.05) is 20.8 Å². The number of phenols is 1. The molecular formula is C27H23Cl2NO5. The van der Waals surface area contributed by atoms with Crippen molar-refractivity contribution in [3.8, 4) is 11.5 Å². The van der Waals surface area contributed by atoms with Crippen molar-refractivity contribution >= 4 is 46.3 Å². The molecule has 3 aromatic rings. The number of ether oxygens (including phenoxy) is 1. The number of aryl methyl sites for hydroxylation is 1. The zero-order valence-corrected chi connectivity index (χ0v) is 20.8. The second-order valence-corrected chi connectivity index (χ2v) is 9.41. The van der Waals surface area contributed by atoms with E-state index in [-0.39, 0.29) is 38.9 Å². The van der Waals surface area contributed by atoms with Gasteiger partial charge in [0.2, 0.25) is 0 Å². The van der Waals surface area contributed by atoms with Crippen LogP contribution in [-0.2, 0) is 9.59 Å². The number of ketones is 1. The van der Waals surface area contributed by atoms with Crippen molar-refractivity contribution in [1.29, 1.82) is 0 Å². The molecular weight excluding hydrogens is 489 g/mol. The molecule has 35 heavy (non-hydrogen) atoms. The van der Waals surface area contributed by atoms with Crippen LogP contribution in [0, 0.1) is 6.92 Å². The van der Waals surface area contributed by atoms with Gasteiger partial charge in [0.05, 0.1) is 17.7 Å². The van der Waals surface area contributed by atoms with Crippen LogP contribution in [0.5, 0.6) is 11.5 Å². The van der Waals surface area contributed by atoms with Crippen LogP contribution in [0.15, 0.2) is 66.2 Å². The molecule has 1 fully saturated rings. The number of aliphatic hydroxyl groups excluding tert-OH is 1. The van der Waals surface area contributed by atoms with Crippen molar-refractivity contribution in [2.75, 3.05) is 4.90 Å². The van der Waals surface area contributed by atoms with Gasteiger partial charge in [-0.3, -0.25) is 14.5 Å². The second kappa shape index (κ2) is 9.64. The summed E-state index contributed by atoms with van der Waals surface area (Å²) in [6, 6.07) is 14.7. The summed E-state index contributed by atoms with van der Waals surface area (Å²) in [6.45, 7) is 5.64. The summed E-state index contributed by atoms with van der Waals surface area (Å²) in [6.07, 6.45) is -0.0336. The molecule has 1 unspecified atom stereocenters. The number of hydrogen-bond donors (Lipinski definition) is 2. The zero-order valence-electron chi connectivity index (χ0n) is 19.3. The summed E-state index contributed by atoms with van der Waals surface area (Å²) in [5.41, 5.74) is 1.71. The highest BCUT2D eigenvalue weighted by Gasteiger charge is 2.47. The number of Topliss-reactive ketones (excluding diaryl/α,β-unsaturated/α-hetero) is 1. The molecule has 0 saturated carbocycles. The van der Waals surface area contributed by atoms with Crippen molar-refractivity contribution in [2.24, 2.45) is 0 Å². The SMILES string of the molecule is Cc1cc(/C(O)=C2\C(=O)C(=O)N(c3cc(Cl)cc(Cl)c3)C2c2cccc(O)c2)ccc1OC(C)C. The molecule has 1 saturated heterocycles. The molecule has 0 aromatic heterocycles. The maximum atomic E-state index is 13.3. The molecule has 1 aliphatic heterocycles. The zero-order chi connectivity index (χ0) is 25.4. The minimum Gasteiger partial charge on any atom is -0.508 e. The monoisotopic (exact) mass is 511 g/mol. The number of rotatable bonds is 5. The van der Waals surface area contributed by atoms with Crippen LogP contribution in [-0.4, -0.2) is 28.0 Å². The summed E-state index contributed by atoms with van der Waals surface area (Å²) < 4.78 is 5.76. The van der Waals surface area contributed by atoms with Gasteiger partial charge in [0, 0.05) is 21.3 Å². The van der Waals surface area contributed by atoms with E-state index in [0.29, 0.717) is 16.9 Å². The fraction of sp³-hybridized carbons (Fsp3) is 0.185. The molecule has 180 valence electrons. The highest BCUT2D eigenvalue weighted by atomic mass is 35.5. The van der Waals surface area contributed by atoms with Crippen molar-refractivity contribution in [2.45, 2.75) is 32.9 Å². The average molecular weight is 512 g/mol. The molecule has 4 rings (SSSR count). The van der Waals surface area contributed by atoms with Crippen LogP contribution in [0.1, 0.15) is 36.6 Å². The standard InChI is InChI=1S/C27H23Cl2NO5/c1-14(2)35-22-8-7-17(9-15(22)3)25(32)23-24(16-5-4-6-21(31)10-16)30(27(34)26(23)33)20-12-18(28)11-19(29)13-20/h4-14,24,31-32H,1-3H3/b25-23+. The van der Waals surface area contributed by atoms with E-state index in [2.05, 4.69) is 0 Å². The normalized spacial score (nSPS) is 17.3. The second-order valence-electron chi connectivity index (χ2n) is 8.54. The third-order valence-electron chi connectivity index (χ3n) is 5.57. The van der Waals surface area contributed by atoms with E-state index in [9.17, 15) is 19.8 Å². The Morgan fingerprint density at radius 2 is 1.69 bits per heavy atom. The van der Waals surface area contributed by atoms with Gasteiger partial charge >= 0.3 is 0 Å². The van der Waals surface area contributed by atoms with Gasteiger partial charge < -0.3 is 14.9 Å². The van der Waals surface area contributed by atoms with Crippen molar-refractivity contribution in [3.63, 3.8) is 0 Å². The van der Waals surface area contributed by atoms with Gasteiger partial charge in [-0.25, -0.2) is 0 Å². The third kappa shape index (κ3) is 4.85. The van der Waals surface area contributed by atoms with E-state index < -0.39 is 17.7 Å². The van der Waals surface area contributed by atoms with Crippen LogP contribution in [0.2, 0.25) is 10.0 Å². The molecule has 1 atom stereocenters. The van der Waals surface area contributed by atoms with Crippen LogP contribution >= 0.6 is 23.2 Å². The lowest BCUT2D eigenvalue weighted by molar-refractivity contribution is -0.132. The number of aliphatic hydroxyl groups is 1. The number of nitrogens with zero attached hydrogens (tertiary/aromatic N) is 1. The molecule has 1 heterocycles. The molecule has 0 bridgehead atoms. The van der Waals surface area contributed by atoms with E-state index in [1.54, 1.807) is 30.3 Å². The Balaban J connectivity index is 1.92. The summed E-state index contributed by atoms with van der Waals surface area (Å²) in [5.74, 6) is -1.47. The van der Waals surface area contributed by atoms with Crippen LogP contribution in [0.3, 0.4) is 0 Å². The Morgan fingerprint density at radius 1 is 1.00 bits per heavy atom. The highest BCUT2D eigenvalue weighted by molar-refractivity contribution is 6.52. The number of hydrogen-bond acceptors (Lipinski definition) is 5. The molecule has 0 spiro atoms. The van der Waals surface area contributed by atoms with Crippen molar-refractivity contribution < 1.29 is 24.5 Å². The first-order valence-corrected chi connectivity index (χ1v) is 11.7. The van der Waals surface area contributed by atoms with E-state index >= 15 is 0 Å². The lowest BCUT2D eigenvalue weighted by Crippen LogP contribution is -2.29. The van der Waals surface area contributed by atoms with Gasteiger partial charge in [-0.15, -0.1) is 0 Å². The van der Waals surface area contributed by atoms with Crippen LogP contribution in [0.25, 0.3) is 5.76 Å². The van der Waals surface area contributed by atoms with Crippen molar-refractivity contribution in [1.82, 2.24) is 0 Å². The number of carbonyl (C=O) groups excluding carboxylic acids is 2. The Morgan fingerprint density at radius 3 is 2.29 bits per heavy atom. The van der Waals surface area contributed by atoms with Gasteiger partial charge in [0.1, 0.15) is 17.3 Å². The maximum absolute atomic E-state index is 13.3. The molecule has 1 amide bonds. The Labute approximate surface area is 213 Å². The minimum absolute atomic E-state index is 0.0336. The number of amides is 1. The summed E-state index contributed by atoms with van der Waals surface area (Å²) in [4.78, 5) is 27.8. The van der Waals surface area contributed by atoms with Gasteiger partial charge in [0.25, 0.3) is 11.7 Å². The number of halogens is 2. The molecule has 1 aliphatic rings. The molecule has 6 nitrogen and oxygen atoms in total. The Hall–Kier alpha value is -3.48. The average Bonchev–Trinajstić information content (AvgIpc) is 3.04. The fourth-order valence-electron chi connectivity index (χ4n) is 4.13. The number of benzene rings is 3. The first-order chi connectivity index (χ1) is 16.6. The predicted octanol–water partition coefficient (Wildman–Crippen LogP) is 6.42. The highest BCUT2D eigenvalue weighted by Crippen LogP contribution is 2.44. The third-order valence-corrected chi connectivity index (χ3v) is 6.00.